The molecule has 2 N–H and O–H groups in total. The highest BCUT2D eigenvalue weighted by Crippen LogP contribution is 2.34. The summed E-state index contributed by atoms with van der Waals surface area (Å²) in [4.78, 5) is 0. The van der Waals surface area contributed by atoms with E-state index in [0.717, 1.165) is 11.5 Å². The van der Waals surface area contributed by atoms with E-state index < -0.39 is 0 Å². The Balaban J connectivity index is 3.13. The second kappa shape index (κ2) is 5.92. The molecule has 17 heavy (non-hydrogen) atoms. The van der Waals surface area contributed by atoms with Crippen molar-refractivity contribution >= 4 is 0 Å². The Labute approximate surface area is 104 Å². The molecule has 96 valence electrons. The molecule has 1 rings (SSSR count). The summed E-state index contributed by atoms with van der Waals surface area (Å²) in [6.07, 6.45) is 0. The molecule has 0 fully saturated rings. The van der Waals surface area contributed by atoms with Gasteiger partial charge in [0.05, 0.1) is 14.2 Å². The van der Waals surface area contributed by atoms with Gasteiger partial charge >= 0.3 is 0 Å². The van der Waals surface area contributed by atoms with Crippen molar-refractivity contribution < 1.29 is 9.47 Å². The van der Waals surface area contributed by atoms with Crippen molar-refractivity contribution in [1.82, 2.24) is 0 Å². The van der Waals surface area contributed by atoms with Crippen molar-refractivity contribution in [3.8, 4) is 11.5 Å². The summed E-state index contributed by atoms with van der Waals surface area (Å²) in [7, 11) is 3.29. The summed E-state index contributed by atoms with van der Waals surface area (Å²) in [6, 6.07) is 6.14. The van der Waals surface area contributed by atoms with Crippen molar-refractivity contribution in [1.29, 1.82) is 0 Å². The van der Waals surface area contributed by atoms with Crippen molar-refractivity contribution in [3.63, 3.8) is 0 Å². The number of benzene rings is 1. The summed E-state index contributed by atoms with van der Waals surface area (Å²) in [5.74, 6) is 2.34. The second-order valence-electron chi connectivity index (χ2n) is 4.74. The summed E-state index contributed by atoms with van der Waals surface area (Å²) >= 11 is 0. The summed E-state index contributed by atoms with van der Waals surface area (Å²) < 4.78 is 10.6. The topological polar surface area (TPSA) is 44.5 Å². The normalized spacial score (nSPS) is 14.5. The van der Waals surface area contributed by atoms with E-state index in [9.17, 15) is 0 Å². The van der Waals surface area contributed by atoms with E-state index in [1.807, 2.05) is 19.1 Å². The number of nitrogens with two attached hydrogens (primary N) is 1. The molecule has 0 bridgehead atoms. The van der Waals surface area contributed by atoms with Crippen LogP contribution in [0.3, 0.4) is 0 Å². The van der Waals surface area contributed by atoms with Crippen LogP contribution in [-0.2, 0) is 0 Å². The fourth-order valence-electron chi connectivity index (χ4n) is 2.36. The van der Waals surface area contributed by atoms with Crippen LogP contribution in [0.25, 0.3) is 0 Å². The molecule has 0 aliphatic rings. The molecule has 0 radical (unpaired) electrons. The van der Waals surface area contributed by atoms with Gasteiger partial charge in [0.1, 0.15) is 0 Å². The predicted molar refractivity (Wildman–Crippen MR) is 70.8 cm³/mol. The quantitative estimate of drug-likeness (QED) is 0.856. The third-order valence-corrected chi connectivity index (χ3v) is 3.08. The Hall–Kier alpha value is -1.22. The standard InChI is InChI=1S/C14H23NO2/c1-9(2)14(10(3)15)11-6-7-12(16-4)13(8-11)17-5/h6-10,14H,15H2,1-5H3. The first-order chi connectivity index (χ1) is 8.01. The smallest absolute Gasteiger partial charge is 0.160 e. The SMILES string of the molecule is COc1ccc(C(C(C)C)C(C)N)cc1OC. The van der Waals surface area contributed by atoms with Gasteiger partial charge in [-0.15, -0.1) is 0 Å². The van der Waals surface area contributed by atoms with Gasteiger partial charge in [0.15, 0.2) is 11.5 Å². The Kier molecular flexibility index (Phi) is 4.82. The van der Waals surface area contributed by atoms with Crippen LogP contribution in [0.15, 0.2) is 18.2 Å². The minimum Gasteiger partial charge on any atom is -0.493 e. The van der Waals surface area contributed by atoms with Crippen LogP contribution >= 0.6 is 0 Å². The zero-order valence-electron chi connectivity index (χ0n) is 11.4. The van der Waals surface area contributed by atoms with Crippen molar-refractivity contribution in [2.24, 2.45) is 11.7 Å². The lowest BCUT2D eigenvalue weighted by Crippen LogP contribution is -2.28. The first kappa shape index (κ1) is 13.8. The van der Waals surface area contributed by atoms with Gasteiger partial charge in [-0.05, 0) is 30.5 Å². The molecule has 0 heterocycles. The van der Waals surface area contributed by atoms with E-state index in [1.165, 1.54) is 5.56 Å². The van der Waals surface area contributed by atoms with Gasteiger partial charge < -0.3 is 15.2 Å². The first-order valence-corrected chi connectivity index (χ1v) is 5.98. The zero-order chi connectivity index (χ0) is 13.0. The first-order valence-electron chi connectivity index (χ1n) is 5.98. The molecule has 0 aromatic heterocycles. The zero-order valence-corrected chi connectivity index (χ0v) is 11.4. The van der Waals surface area contributed by atoms with E-state index in [0.29, 0.717) is 11.8 Å². The average Bonchev–Trinajstić information content (AvgIpc) is 2.27. The highest BCUT2D eigenvalue weighted by atomic mass is 16.5. The van der Waals surface area contributed by atoms with Crippen LogP contribution in [0.5, 0.6) is 11.5 Å². The van der Waals surface area contributed by atoms with Gasteiger partial charge in [-0.25, -0.2) is 0 Å². The number of hydrogen-bond donors (Lipinski definition) is 1. The van der Waals surface area contributed by atoms with E-state index in [1.54, 1.807) is 14.2 Å². The Bertz CT molecular complexity index is 353. The molecule has 2 unspecified atom stereocenters. The van der Waals surface area contributed by atoms with Crippen molar-refractivity contribution in [2.45, 2.75) is 32.7 Å². The lowest BCUT2D eigenvalue weighted by Gasteiger charge is -2.25. The molecule has 0 saturated heterocycles. The molecule has 2 atom stereocenters. The van der Waals surface area contributed by atoms with Gasteiger partial charge in [-0.1, -0.05) is 19.9 Å². The fourth-order valence-corrected chi connectivity index (χ4v) is 2.36. The molecule has 1 aromatic carbocycles. The van der Waals surface area contributed by atoms with E-state index >= 15 is 0 Å². The van der Waals surface area contributed by atoms with Crippen molar-refractivity contribution in [2.75, 3.05) is 14.2 Å². The maximum atomic E-state index is 6.06. The maximum absolute atomic E-state index is 6.06. The third-order valence-electron chi connectivity index (χ3n) is 3.08. The van der Waals surface area contributed by atoms with Crippen LogP contribution in [-0.4, -0.2) is 20.3 Å². The van der Waals surface area contributed by atoms with Gasteiger partial charge in [-0.3, -0.25) is 0 Å². The van der Waals surface area contributed by atoms with Crippen LogP contribution in [0.2, 0.25) is 0 Å². The molecule has 1 aromatic rings. The van der Waals surface area contributed by atoms with Crippen LogP contribution in [0.1, 0.15) is 32.3 Å². The minimum absolute atomic E-state index is 0.119. The average molecular weight is 237 g/mol. The molecule has 3 heteroatoms. The Morgan fingerprint density at radius 1 is 1.00 bits per heavy atom. The number of ether oxygens (including phenoxy) is 2. The Morgan fingerprint density at radius 3 is 2.00 bits per heavy atom. The van der Waals surface area contributed by atoms with Gasteiger partial charge in [0, 0.05) is 12.0 Å². The predicted octanol–water partition coefficient (Wildman–Crippen LogP) is 2.79. The van der Waals surface area contributed by atoms with E-state index in [2.05, 4.69) is 19.9 Å². The molecule has 0 aliphatic carbocycles. The molecule has 0 aliphatic heterocycles. The number of hydrogen-bond acceptors (Lipinski definition) is 3. The molecule has 0 spiro atoms. The summed E-state index contributed by atoms with van der Waals surface area (Å²) in [5, 5.41) is 0. The third kappa shape index (κ3) is 3.13. The van der Waals surface area contributed by atoms with Crippen LogP contribution < -0.4 is 15.2 Å². The minimum atomic E-state index is 0.119. The second-order valence-corrected chi connectivity index (χ2v) is 4.74. The summed E-state index contributed by atoms with van der Waals surface area (Å²) in [6.45, 7) is 6.41. The molecular weight excluding hydrogens is 214 g/mol. The fraction of sp³-hybridized carbons (Fsp3) is 0.571. The lowest BCUT2D eigenvalue weighted by atomic mass is 9.83. The van der Waals surface area contributed by atoms with Gasteiger partial charge in [0.25, 0.3) is 0 Å². The molecular formula is C14H23NO2. The summed E-state index contributed by atoms with van der Waals surface area (Å²) in [5.41, 5.74) is 7.26. The highest BCUT2D eigenvalue weighted by molar-refractivity contribution is 5.44. The van der Waals surface area contributed by atoms with Crippen molar-refractivity contribution in [3.05, 3.63) is 23.8 Å². The highest BCUT2D eigenvalue weighted by Gasteiger charge is 2.21. The van der Waals surface area contributed by atoms with Crippen LogP contribution in [0, 0.1) is 5.92 Å². The lowest BCUT2D eigenvalue weighted by molar-refractivity contribution is 0.352. The number of rotatable bonds is 5. The monoisotopic (exact) mass is 237 g/mol. The van der Waals surface area contributed by atoms with Gasteiger partial charge in [0.2, 0.25) is 0 Å². The van der Waals surface area contributed by atoms with E-state index in [4.69, 9.17) is 15.2 Å². The van der Waals surface area contributed by atoms with Gasteiger partial charge in [-0.2, -0.15) is 0 Å². The van der Waals surface area contributed by atoms with Crippen LogP contribution in [0.4, 0.5) is 0 Å². The molecule has 3 nitrogen and oxygen atoms in total. The molecule has 0 saturated carbocycles. The molecule has 0 amide bonds. The largest absolute Gasteiger partial charge is 0.493 e. The maximum Gasteiger partial charge on any atom is 0.160 e. The Morgan fingerprint density at radius 2 is 1.59 bits per heavy atom. The van der Waals surface area contributed by atoms with E-state index in [-0.39, 0.29) is 6.04 Å². The number of methoxy groups -OCH3 is 2.